The summed E-state index contributed by atoms with van der Waals surface area (Å²) >= 11 is 3.32. The molecule has 0 fully saturated rings. The molecule has 1 heterocycles. The van der Waals surface area contributed by atoms with Gasteiger partial charge in [-0.15, -0.1) is 0 Å². The average molecular weight is 329 g/mol. The number of phenols is 1. The summed E-state index contributed by atoms with van der Waals surface area (Å²) in [6, 6.07) is 15.6. The molecule has 0 saturated heterocycles. The van der Waals surface area contributed by atoms with E-state index >= 15 is 0 Å². The SMILES string of the molecule is Oc1ccc(CNc2ccc3ncccc3c2)cc1Br. The maximum absolute atomic E-state index is 9.47. The van der Waals surface area contributed by atoms with Crippen molar-refractivity contribution in [1.82, 2.24) is 4.98 Å². The molecule has 0 radical (unpaired) electrons. The van der Waals surface area contributed by atoms with E-state index in [1.165, 1.54) is 0 Å². The maximum atomic E-state index is 9.47. The third-order valence-corrected chi connectivity index (χ3v) is 3.75. The molecule has 0 saturated carbocycles. The number of hydrogen-bond acceptors (Lipinski definition) is 3. The zero-order valence-corrected chi connectivity index (χ0v) is 12.3. The molecule has 0 aliphatic heterocycles. The normalized spacial score (nSPS) is 10.7. The standard InChI is InChI=1S/C16H13BrN2O/c17-14-8-11(3-6-16(14)20)10-19-13-4-5-15-12(9-13)2-1-7-18-15/h1-9,19-20H,10H2. The lowest BCUT2D eigenvalue weighted by molar-refractivity contribution is 0.471. The Morgan fingerprint density at radius 1 is 1.10 bits per heavy atom. The average Bonchev–Trinajstić information content (AvgIpc) is 2.48. The van der Waals surface area contributed by atoms with Gasteiger partial charge < -0.3 is 10.4 Å². The maximum Gasteiger partial charge on any atom is 0.129 e. The smallest absolute Gasteiger partial charge is 0.129 e. The van der Waals surface area contributed by atoms with E-state index in [4.69, 9.17) is 0 Å². The number of rotatable bonds is 3. The molecule has 1 aromatic heterocycles. The van der Waals surface area contributed by atoms with Gasteiger partial charge in [-0.05, 0) is 57.9 Å². The summed E-state index contributed by atoms with van der Waals surface area (Å²) in [5.41, 5.74) is 3.14. The predicted octanol–water partition coefficient (Wildman–Crippen LogP) is 4.32. The minimum absolute atomic E-state index is 0.255. The van der Waals surface area contributed by atoms with Crippen LogP contribution in [-0.4, -0.2) is 10.1 Å². The number of phenolic OH excluding ortho intramolecular Hbond substituents is 1. The van der Waals surface area contributed by atoms with Gasteiger partial charge in [-0.2, -0.15) is 0 Å². The molecule has 3 nitrogen and oxygen atoms in total. The van der Waals surface area contributed by atoms with Crippen molar-refractivity contribution in [3.05, 3.63) is 64.8 Å². The van der Waals surface area contributed by atoms with Gasteiger partial charge in [0.2, 0.25) is 0 Å². The van der Waals surface area contributed by atoms with E-state index in [0.29, 0.717) is 11.0 Å². The molecule has 0 aliphatic carbocycles. The van der Waals surface area contributed by atoms with Crippen molar-refractivity contribution in [2.75, 3.05) is 5.32 Å². The van der Waals surface area contributed by atoms with Gasteiger partial charge in [0.15, 0.2) is 0 Å². The molecule has 0 bridgehead atoms. The number of pyridine rings is 1. The first-order valence-corrected chi connectivity index (χ1v) is 7.08. The Morgan fingerprint density at radius 2 is 2.00 bits per heavy atom. The molecule has 0 spiro atoms. The van der Waals surface area contributed by atoms with Crippen LogP contribution in [0, 0.1) is 0 Å². The monoisotopic (exact) mass is 328 g/mol. The van der Waals surface area contributed by atoms with Gasteiger partial charge in [0.1, 0.15) is 5.75 Å². The van der Waals surface area contributed by atoms with Crippen molar-refractivity contribution in [3.63, 3.8) is 0 Å². The van der Waals surface area contributed by atoms with Gasteiger partial charge in [-0.1, -0.05) is 12.1 Å². The molecule has 100 valence electrons. The van der Waals surface area contributed by atoms with Crippen molar-refractivity contribution in [2.45, 2.75) is 6.54 Å². The highest BCUT2D eigenvalue weighted by atomic mass is 79.9. The Bertz CT molecular complexity index is 758. The molecule has 0 amide bonds. The van der Waals surface area contributed by atoms with Crippen molar-refractivity contribution in [2.24, 2.45) is 0 Å². The number of anilines is 1. The van der Waals surface area contributed by atoms with E-state index in [1.807, 2.05) is 36.4 Å². The number of halogens is 1. The van der Waals surface area contributed by atoms with Crippen LogP contribution in [0.5, 0.6) is 5.75 Å². The number of nitrogens with zero attached hydrogens (tertiary/aromatic N) is 1. The minimum Gasteiger partial charge on any atom is -0.507 e. The third-order valence-electron chi connectivity index (χ3n) is 3.11. The van der Waals surface area contributed by atoms with E-state index < -0.39 is 0 Å². The molecule has 2 aromatic carbocycles. The molecule has 20 heavy (non-hydrogen) atoms. The summed E-state index contributed by atoms with van der Waals surface area (Å²) in [5, 5.41) is 14.0. The molecule has 3 rings (SSSR count). The van der Waals surface area contributed by atoms with Crippen molar-refractivity contribution in [3.8, 4) is 5.75 Å². The highest BCUT2D eigenvalue weighted by Crippen LogP contribution is 2.25. The highest BCUT2D eigenvalue weighted by molar-refractivity contribution is 9.10. The Morgan fingerprint density at radius 3 is 2.85 bits per heavy atom. The first-order valence-electron chi connectivity index (χ1n) is 6.28. The Kier molecular flexibility index (Phi) is 3.56. The summed E-state index contributed by atoms with van der Waals surface area (Å²) in [5.74, 6) is 0.255. The van der Waals surface area contributed by atoms with Crippen LogP contribution >= 0.6 is 15.9 Å². The Balaban J connectivity index is 1.77. The van der Waals surface area contributed by atoms with E-state index in [2.05, 4.69) is 32.3 Å². The van der Waals surface area contributed by atoms with Crippen LogP contribution in [0.4, 0.5) is 5.69 Å². The van der Waals surface area contributed by atoms with Crippen LogP contribution < -0.4 is 5.32 Å². The number of aromatic nitrogens is 1. The summed E-state index contributed by atoms with van der Waals surface area (Å²) in [6.07, 6.45) is 1.80. The van der Waals surface area contributed by atoms with Crippen LogP contribution in [0.15, 0.2) is 59.2 Å². The van der Waals surface area contributed by atoms with Gasteiger partial charge in [-0.3, -0.25) is 4.98 Å². The molecule has 0 unspecified atom stereocenters. The fourth-order valence-corrected chi connectivity index (χ4v) is 2.48. The van der Waals surface area contributed by atoms with Gasteiger partial charge >= 0.3 is 0 Å². The number of benzene rings is 2. The number of fused-ring (bicyclic) bond motifs is 1. The molecule has 0 aliphatic rings. The zero-order valence-electron chi connectivity index (χ0n) is 10.7. The molecule has 4 heteroatoms. The van der Waals surface area contributed by atoms with E-state index in [-0.39, 0.29) is 5.75 Å². The Labute approximate surface area is 125 Å². The highest BCUT2D eigenvalue weighted by Gasteiger charge is 2.01. The lowest BCUT2D eigenvalue weighted by Gasteiger charge is -2.08. The largest absolute Gasteiger partial charge is 0.507 e. The first kappa shape index (κ1) is 12.9. The van der Waals surface area contributed by atoms with Gasteiger partial charge in [0.05, 0.1) is 9.99 Å². The van der Waals surface area contributed by atoms with Crippen LogP contribution in [-0.2, 0) is 6.54 Å². The van der Waals surface area contributed by atoms with Gasteiger partial charge in [0.25, 0.3) is 0 Å². The first-order chi connectivity index (χ1) is 9.72. The number of aromatic hydroxyl groups is 1. The van der Waals surface area contributed by atoms with Crippen molar-refractivity contribution < 1.29 is 5.11 Å². The summed E-state index contributed by atoms with van der Waals surface area (Å²) in [7, 11) is 0. The van der Waals surface area contributed by atoms with Crippen LogP contribution in [0.25, 0.3) is 10.9 Å². The topological polar surface area (TPSA) is 45.1 Å². The molecular weight excluding hydrogens is 316 g/mol. The number of hydrogen-bond donors (Lipinski definition) is 2. The van der Waals surface area contributed by atoms with E-state index in [9.17, 15) is 5.11 Å². The predicted molar refractivity (Wildman–Crippen MR) is 84.9 cm³/mol. The van der Waals surface area contributed by atoms with Crippen molar-refractivity contribution in [1.29, 1.82) is 0 Å². The number of nitrogens with one attached hydrogen (secondary N) is 1. The van der Waals surface area contributed by atoms with Crippen molar-refractivity contribution >= 4 is 32.5 Å². The molecular formula is C16H13BrN2O. The quantitative estimate of drug-likeness (QED) is 0.752. The fraction of sp³-hybridized carbons (Fsp3) is 0.0625. The lowest BCUT2D eigenvalue weighted by Crippen LogP contribution is -1.99. The zero-order chi connectivity index (χ0) is 13.9. The fourth-order valence-electron chi connectivity index (χ4n) is 2.05. The lowest BCUT2D eigenvalue weighted by atomic mass is 10.2. The van der Waals surface area contributed by atoms with Gasteiger partial charge in [-0.25, -0.2) is 0 Å². The van der Waals surface area contributed by atoms with Crippen LogP contribution in [0.3, 0.4) is 0 Å². The van der Waals surface area contributed by atoms with Crippen LogP contribution in [0.2, 0.25) is 0 Å². The van der Waals surface area contributed by atoms with E-state index in [1.54, 1.807) is 12.3 Å². The van der Waals surface area contributed by atoms with Gasteiger partial charge in [0, 0.05) is 23.8 Å². The summed E-state index contributed by atoms with van der Waals surface area (Å²) in [4.78, 5) is 4.30. The minimum atomic E-state index is 0.255. The Hall–Kier alpha value is -2.07. The molecule has 2 N–H and O–H groups in total. The second-order valence-electron chi connectivity index (χ2n) is 4.55. The summed E-state index contributed by atoms with van der Waals surface area (Å²) in [6.45, 7) is 0.699. The van der Waals surface area contributed by atoms with Crippen LogP contribution in [0.1, 0.15) is 5.56 Å². The molecule has 0 atom stereocenters. The van der Waals surface area contributed by atoms with E-state index in [0.717, 1.165) is 22.2 Å². The second kappa shape index (κ2) is 5.51. The third kappa shape index (κ3) is 2.75. The second-order valence-corrected chi connectivity index (χ2v) is 5.40. The summed E-state index contributed by atoms with van der Waals surface area (Å²) < 4.78 is 0.708. The molecule has 3 aromatic rings.